The van der Waals surface area contributed by atoms with Gasteiger partial charge in [0.15, 0.2) is 0 Å². The van der Waals surface area contributed by atoms with Gasteiger partial charge < -0.3 is 14.4 Å². The number of ether oxygens (including phenoxy) is 2. The number of nitrogens with zero attached hydrogens (tertiary/aromatic N) is 2. The highest BCUT2D eigenvalue weighted by atomic mass is 32.1. The summed E-state index contributed by atoms with van der Waals surface area (Å²) in [6.07, 6.45) is -3.12. The molecule has 0 radical (unpaired) electrons. The van der Waals surface area contributed by atoms with Crippen molar-refractivity contribution in [3.8, 4) is 5.88 Å². The molecule has 5 nitrogen and oxygen atoms in total. The average Bonchev–Trinajstić information content (AvgIpc) is 3.15. The lowest BCUT2D eigenvalue weighted by Crippen LogP contribution is -2.41. The highest BCUT2D eigenvalue weighted by Gasteiger charge is 2.32. The predicted octanol–water partition coefficient (Wildman–Crippen LogP) is 5.86. The molecule has 2 aromatic heterocycles. The van der Waals surface area contributed by atoms with Gasteiger partial charge in [0.05, 0.1) is 0 Å². The molecule has 0 unspecified atom stereocenters. The zero-order valence-electron chi connectivity index (χ0n) is 17.2. The number of carbonyl (C=O) groups is 1. The first-order valence-corrected chi connectivity index (χ1v) is 10.6. The van der Waals surface area contributed by atoms with E-state index >= 15 is 0 Å². The number of amides is 1. The minimum absolute atomic E-state index is 0.0360. The number of aromatic nitrogens is 1. The fraction of sp³-hybridized carbons (Fsp3) is 0.524. The van der Waals surface area contributed by atoms with Gasteiger partial charge in [-0.2, -0.15) is 13.2 Å². The summed E-state index contributed by atoms with van der Waals surface area (Å²) < 4.78 is 49.1. The molecule has 0 saturated carbocycles. The highest BCUT2D eigenvalue weighted by Crippen LogP contribution is 2.35. The summed E-state index contributed by atoms with van der Waals surface area (Å²) >= 11 is 0.671. The van der Waals surface area contributed by atoms with Crippen molar-refractivity contribution in [1.29, 1.82) is 0 Å². The Balaban J connectivity index is 1.55. The summed E-state index contributed by atoms with van der Waals surface area (Å²) in [6, 6.07) is 7.91. The van der Waals surface area contributed by atoms with Crippen LogP contribution in [0.1, 0.15) is 55.0 Å². The van der Waals surface area contributed by atoms with Crippen molar-refractivity contribution in [2.45, 2.75) is 57.9 Å². The van der Waals surface area contributed by atoms with E-state index in [2.05, 4.69) is 4.98 Å². The standard InChI is InChI=1S/C21H25F3N2O3S/c1-20(2,3)29-19(27)26-11-9-14(10-12-26)16-5-4-6-18(25-16)28-13-15-7-8-17(30-15)21(22,23)24/h4-8,14H,9-13H2,1-3H3. The second kappa shape index (κ2) is 8.83. The molecule has 1 fully saturated rings. The van der Waals surface area contributed by atoms with Gasteiger partial charge in [0, 0.05) is 35.6 Å². The van der Waals surface area contributed by atoms with Crippen molar-refractivity contribution in [2.75, 3.05) is 13.1 Å². The maximum atomic E-state index is 12.7. The number of piperidine rings is 1. The van der Waals surface area contributed by atoms with Crippen LogP contribution in [0.5, 0.6) is 5.88 Å². The molecule has 1 saturated heterocycles. The number of carbonyl (C=O) groups excluding carboxylic acids is 1. The Morgan fingerprint density at radius 2 is 1.87 bits per heavy atom. The number of halogens is 3. The zero-order valence-corrected chi connectivity index (χ0v) is 18.0. The van der Waals surface area contributed by atoms with E-state index in [4.69, 9.17) is 9.47 Å². The lowest BCUT2D eigenvalue weighted by molar-refractivity contribution is -0.134. The maximum absolute atomic E-state index is 12.7. The fourth-order valence-corrected chi connectivity index (χ4v) is 3.96. The molecular formula is C21H25F3N2O3S. The molecule has 0 aliphatic carbocycles. The minimum Gasteiger partial charge on any atom is -0.472 e. The predicted molar refractivity (Wildman–Crippen MR) is 108 cm³/mol. The van der Waals surface area contributed by atoms with Crippen LogP contribution < -0.4 is 4.74 Å². The fourth-order valence-electron chi connectivity index (χ4n) is 3.18. The Labute approximate surface area is 177 Å². The quantitative estimate of drug-likeness (QED) is 0.596. The normalized spacial score (nSPS) is 15.9. The van der Waals surface area contributed by atoms with Crippen LogP contribution in [0.2, 0.25) is 0 Å². The van der Waals surface area contributed by atoms with Crippen LogP contribution >= 0.6 is 11.3 Å². The lowest BCUT2D eigenvalue weighted by Gasteiger charge is -2.33. The smallest absolute Gasteiger partial charge is 0.425 e. The monoisotopic (exact) mass is 442 g/mol. The Bertz CT molecular complexity index is 869. The molecule has 0 spiro atoms. The van der Waals surface area contributed by atoms with Gasteiger partial charge in [0.25, 0.3) is 0 Å². The van der Waals surface area contributed by atoms with E-state index in [1.54, 1.807) is 11.0 Å². The van der Waals surface area contributed by atoms with Crippen molar-refractivity contribution in [3.05, 3.63) is 45.8 Å². The van der Waals surface area contributed by atoms with E-state index in [9.17, 15) is 18.0 Å². The molecule has 3 rings (SSSR count). The first-order chi connectivity index (χ1) is 14.0. The molecule has 0 N–H and O–H groups in total. The van der Waals surface area contributed by atoms with Crippen LogP contribution in [0.4, 0.5) is 18.0 Å². The van der Waals surface area contributed by atoms with E-state index in [1.807, 2.05) is 32.9 Å². The number of thiophene rings is 1. The van der Waals surface area contributed by atoms with Gasteiger partial charge in [-0.15, -0.1) is 11.3 Å². The first-order valence-electron chi connectivity index (χ1n) is 9.75. The van der Waals surface area contributed by atoms with E-state index < -0.39 is 16.7 Å². The summed E-state index contributed by atoms with van der Waals surface area (Å²) in [5.74, 6) is 0.565. The van der Waals surface area contributed by atoms with Gasteiger partial charge in [-0.3, -0.25) is 0 Å². The van der Waals surface area contributed by atoms with Crippen LogP contribution in [-0.2, 0) is 17.5 Å². The topological polar surface area (TPSA) is 51.7 Å². The first kappa shape index (κ1) is 22.4. The molecule has 1 aliphatic rings. The van der Waals surface area contributed by atoms with Crippen molar-refractivity contribution in [1.82, 2.24) is 9.88 Å². The Hall–Kier alpha value is -2.29. The summed E-state index contributed by atoms with van der Waals surface area (Å²) in [5, 5.41) is 0. The van der Waals surface area contributed by atoms with Crippen LogP contribution in [0.15, 0.2) is 30.3 Å². The molecule has 0 atom stereocenters. The molecular weight excluding hydrogens is 417 g/mol. The van der Waals surface area contributed by atoms with Gasteiger partial charge in [0.2, 0.25) is 5.88 Å². The number of hydrogen-bond donors (Lipinski definition) is 0. The molecule has 3 heterocycles. The van der Waals surface area contributed by atoms with Crippen molar-refractivity contribution in [3.63, 3.8) is 0 Å². The summed E-state index contributed by atoms with van der Waals surface area (Å²) in [7, 11) is 0. The van der Waals surface area contributed by atoms with Gasteiger partial charge >= 0.3 is 12.3 Å². The van der Waals surface area contributed by atoms with Crippen molar-refractivity contribution >= 4 is 17.4 Å². The van der Waals surface area contributed by atoms with E-state index in [0.717, 1.165) is 24.6 Å². The molecule has 1 amide bonds. The number of likely N-dealkylation sites (tertiary alicyclic amines) is 1. The third-order valence-electron chi connectivity index (χ3n) is 4.61. The number of rotatable bonds is 4. The molecule has 9 heteroatoms. The highest BCUT2D eigenvalue weighted by molar-refractivity contribution is 7.12. The number of alkyl halides is 3. The lowest BCUT2D eigenvalue weighted by atomic mass is 9.93. The second-order valence-corrected chi connectivity index (χ2v) is 9.36. The van der Waals surface area contributed by atoms with Gasteiger partial charge in [-0.05, 0) is 51.8 Å². The van der Waals surface area contributed by atoms with E-state index in [-0.39, 0.29) is 18.6 Å². The van der Waals surface area contributed by atoms with Crippen LogP contribution in [0.3, 0.4) is 0 Å². The van der Waals surface area contributed by atoms with Gasteiger partial charge in [0.1, 0.15) is 17.1 Å². The summed E-state index contributed by atoms with van der Waals surface area (Å²) in [6.45, 7) is 6.73. The summed E-state index contributed by atoms with van der Waals surface area (Å²) in [5.41, 5.74) is 0.336. The number of pyridine rings is 1. The van der Waals surface area contributed by atoms with Crippen LogP contribution in [0, 0.1) is 0 Å². The SMILES string of the molecule is CC(C)(C)OC(=O)N1CCC(c2cccc(OCc3ccc(C(F)(F)F)s3)n2)CC1. The molecule has 30 heavy (non-hydrogen) atoms. The third kappa shape index (κ3) is 6.10. The van der Waals surface area contributed by atoms with Crippen molar-refractivity contribution < 1.29 is 27.4 Å². The van der Waals surface area contributed by atoms with Crippen LogP contribution in [0.25, 0.3) is 0 Å². The Morgan fingerprint density at radius 3 is 2.47 bits per heavy atom. The molecule has 2 aromatic rings. The van der Waals surface area contributed by atoms with Crippen LogP contribution in [-0.4, -0.2) is 34.7 Å². The molecule has 164 valence electrons. The Kier molecular flexibility index (Phi) is 6.59. The zero-order chi connectivity index (χ0) is 21.9. The number of hydrogen-bond acceptors (Lipinski definition) is 5. The largest absolute Gasteiger partial charge is 0.472 e. The van der Waals surface area contributed by atoms with Crippen molar-refractivity contribution in [2.24, 2.45) is 0 Å². The third-order valence-corrected chi connectivity index (χ3v) is 5.72. The molecule has 0 aromatic carbocycles. The maximum Gasteiger partial charge on any atom is 0.425 e. The van der Waals surface area contributed by atoms with Gasteiger partial charge in [-0.25, -0.2) is 9.78 Å². The average molecular weight is 443 g/mol. The van der Waals surface area contributed by atoms with E-state index in [0.29, 0.717) is 35.2 Å². The van der Waals surface area contributed by atoms with Gasteiger partial charge in [-0.1, -0.05) is 6.07 Å². The molecule has 0 bridgehead atoms. The second-order valence-electron chi connectivity index (χ2n) is 8.19. The van der Waals surface area contributed by atoms with E-state index in [1.165, 1.54) is 6.07 Å². The molecule has 1 aliphatic heterocycles. The Morgan fingerprint density at radius 1 is 1.17 bits per heavy atom. The summed E-state index contributed by atoms with van der Waals surface area (Å²) in [4.78, 5) is 18.3. The minimum atomic E-state index is -4.34.